The van der Waals surface area contributed by atoms with Crippen molar-refractivity contribution in [2.45, 2.75) is 103 Å². The Morgan fingerprint density at radius 1 is 0.505 bits per heavy atom. The van der Waals surface area contributed by atoms with Gasteiger partial charge in [0.25, 0.3) is 23.6 Å². The van der Waals surface area contributed by atoms with Crippen molar-refractivity contribution in [3.8, 4) is 0 Å². The average molecular weight is 1410 g/mol. The lowest BCUT2D eigenvalue weighted by Crippen LogP contribution is -2.54. The first-order chi connectivity index (χ1) is 48.9. The number of piperazine rings is 4. The number of halogens is 1. The normalized spacial score (nSPS) is 21.6. The number of hydrogen-bond acceptors (Lipinski definition) is 20. The highest BCUT2D eigenvalue weighted by Gasteiger charge is 2.47. The van der Waals surface area contributed by atoms with Crippen LogP contribution in [0.4, 0.5) is 21.0 Å². The van der Waals surface area contributed by atoms with E-state index >= 15 is 0 Å². The van der Waals surface area contributed by atoms with Gasteiger partial charge in [0.15, 0.2) is 0 Å². The third-order valence-electron chi connectivity index (χ3n) is 20.3. The molecule has 0 aliphatic carbocycles. The molecular weight excluding hydrogens is 1310 g/mol. The smallest absolute Gasteiger partial charge is 0.410 e. The zero-order chi connectivity index (χ0) is 71.5. The molecule has 8 aliphatic heterocycles. The van der Waals surface area contributed by atoms with E-state index in [-0.39, 0.29) is 49.7 Å². The zero-order valence-electron chi connectivity index (χ0n) is 58.9. The van der Waals surface area contributed by atoms with E-state index in [9.17, 15) is 47.9 Å². The minimum absolute atomic E-state index is 0.102. The number of fused-ring (bicyclic) bond motifs is 2. The van der Waals surface area contributed by atoms with Gasteiger partial charge in [-0.1, -0.05) is 60.7 Å². The molecule has 26 nitrogen and oxygen atoms in total. The number of piperidine rings is 2. The summed E-state index contributed by atoms with van der Waals surface area (Å²) >= 11 is 5.74. The van der Waals surface area contributed by atoms with Crippen molar-refractivity contribution in [2.24, 2.45) is 0 Å². The SMILES string of the molecule is CNCCCN1CCN(c2ccc3c(c2)C(=O)N(C2CCC(=O)NC2=O)C3=O)CC1.C[C@H]1CN(C(=O)OCc2ccccc2)CCN1CCCCl.C[C@H]1CN(C(=O)OCc2ccccc2)CCN1CCCN(C)CCCN1CCN(c2ccc3c(c2)C(=O)N(C2CCC(=O)NC2=O)C3=O)CC1. The second kappa shape index (κ2) is 36.5. The molecule has 27 heteroatoms. The molecule has 0 aromatic heterocycles. The first-order valence-corrected chi connectivity index (χ1v) is 36.4. The van der Waals surface area contributed by atoms with Gasteiger partial charge in [-0.3, -0.25) is 78.4 Å². The second-order valence-corrected chi connectivity index (χ2v) is 27.6. The summed E-state index contributed by atoms with van der Waals surface area (Å²) in [5.74, 6) is -3.14. The summed E-state index contributed by atoms with van der Waals surface area (Å²) in [4.78, 5) is 147. The lowest BCUT2D eigenvalue weighted by molar-refractivity contribution is -0.137. The fourth-order valence-electron chi connectivity index (χ4n) is 14.3. The standard InChI is InChI=1S/C37H49N7O6.C21H27N5O4.C16H23ClN2O2/c1-27-25-43(37(49)50-26-28-8-4-3-5-9-28)23-22-41(27)17-7-15-39(2)14-6-16-40-18-20-42(21-19-40)29-10-11-30-31(24-29)36(48)44(35(30)47)32-12-13-33(45)38-34(32)46;1-22-7-2-8-24-9-11-25(12-10-24)14-3-4-15-16(13-14)21(30)26(20(15)29)17-5-6-18(27)23-19(17)28;1-14-12-19(11-10-18(14)9-5-8-17)16(20)21-13-15-6-3-2-4-7-15/h3-5,8-11,24,27,32H,6-7,12-23,25-26H2,1-2H3,(H,38,45,46);3-4,13,17,22H,2,5-12H2,1H3,(H,23,27,28);2-4,6-7,14H,5,8-13H2,1H3/t27-,32?;;14-/m0.0/s1. The Labute approximate surface area is 597 Å². The maximum absolute atomic E-state index is 13.2. The van der Waals surface area contributed by atoms with Crippen molar-refractivity contribution < 1.29 is 57.4 Å². The first kappa shape index (κ1) is 75.3. The number of amides is 10. The van der Waals surface area contributed by atoms with Crippen LogP contribution in [-0.4, -0.2) is 285 Å². The lowest BCUT2D eigenvalue weighted by atomic mass is 10.0. The monoisotopic (exact) mass is 1410 g/mol. The van der Waals surface area contributed by atoms with Gasteiger partial charge in [0.2, 0.25) is 23.6 Å². The molecule has 101 heavy (non-hydrogen) atoms. The molecule has 6 saturated heterocycles. The van der Waals surface area contributed by atoms with Gasteiger partial charge >= 0.3 is 12.2 Å². The van der Waals surface area contributed by atoms with Gasteiger partial charge in [0.05, 0.1) is 22.3 Å². The van der Waals surface area contributed by atoms with Crippen LogP contribution in [0.2, 0.25) is 0 Å². The zero-order valence-corrected chi connectivity index (χ0v) is 59.6. The van der Waals surface area contributed by atoms with Crippen molar-refractivity contribution in [3.63, 3.8) is 0 Å². The van der Waals surface area contributed by atoms with E-state index < -0.39 is 47.5 Å². The van der Waals surface area contributed by atoms with E-state index in [1.807, 2.05) is 84.7 Å². The maximum Gasteiger partial charge on any atom is 0.410 e. The van der Waals surface area contributed by atoms with Crippen molar-refractivity contribution in [3.05, 3.63) is 130 Å². The van der Waals surface area contributed by atoms with Crippen LogP contribution in [0.15, 0.2) is 97.1 Å². The van der Waals surface area contributed by atoms with E-state index in [1.54, 1.807) is 29.2 Å². The number of hydrogen-bond donors (Lipinski definition) is 3. The van der Waals surface area contributed by atoms with Gasteiger partial charge in [-0.2, -0.15) is 0 Å². The van der Waals surface area contributed by atoms with Crippen LogP contribution in [-0.2, 0) is 41.9 Å². The van der Waals surface area contributed by atoms with Crippen LogP contribution >= 0.6 is 11.6 Å². The predicted molar refractivity (Wildman–Crippen MR) is 383 cm³/mol. The maximum atomic E-state index is 13.2. The van der Waals surface area contributed by atoms with Crippen molar-refractivity contribution in [1.82, 2.24) is 60.0 Å². The van der Waals surface area contributed by atoms with E-state index in [0.717, 1.165) is 182 Å². The molecule has 4 aromatic carbocycles. The topological polar surface area (TPSA) is 261 Å². The van der Waals surface area contributed by atoms with Crippen LogP contribution in [0, 0.1) is 0 Å². The quantitative estimate of drug-likeness (QED) is 0.0499. The molecule has 2 unspecified atom stereocenters. The number of carbonyl (C=O) groups excluding carboxylic acids is 10. The Bertz CT molecular complexity index is 3560. The number of ether oxygens (including phenoxy) is 2. The number of imide groups is 4. The van der Waals surface area contributed by atoms with Gasteiger partial charge in [-0.25, -0.2) is 9.59 Å². The second-order valence-electron chi connectivity index (χ2n) is 27.3. The minimum atomic E-state index is -0.958. The fraction of sp³-hybridized carbons (Fsp3) is 0.541. The largest absolute Gasteiger partial charge is 0.445 e. The van der Waals surface area contributed by atoms with Crippen molar-refractivity contribution in [1.29, 1.82) is 0 Å². The Morgan fingerprint density at radius 3 is 1.32 bits per heavy atom. The number of nitrogens with zero attached hydrogens (tertiary/aromatic N) is 11. The Hall–Kier alpha value is -8.37. The Morgan fingerprint density at radius 2 is 0.911 bits per heavy atom. The van der Waals surface area contributed by atoms with Crippen LogP contribution in [0.5, 0.6) is 0 Å². The number of nitrogens with one attached hydrogen (secondary N) is 3. The molecule has 8 aliphatic rings. The molecule has 0 bridgehead atoms. The molecule has 544 valence electrons. The van der Waals surface area contributed by atoms with E-state index in [2.05, 4.69) is 71.1 Å². The molecule has 10 amide bonds. The number of anilines is 2. The third kappa shape index (κ3) is 19.8. The summed E-state index contributed by atoms with van der Waals surface area (Å²) in [6, 6.07) is 28.9. The molecule has 0 saturated carbocycles. The van der Waals surface area contributed by atoms with Gasteiger partial charge in [-0.05, 0) is 160 Å². The molecule has 0 radical (unpaired) electrons. The summed E-state index contributed by atoms with van der Waals surface area (Å²) < 4.78 is 10.9. The summed E-state index contributed by atoms with van der Waals surface area (Å²) in [6.45, 7) is 23.8. The summed E-state index contributed by atoms with van der Waals surface area (Å²) in [7, 11) is 4.14. The van der Waals surface area contributed by atoms with Gasteiger partial charge < -0.3 is 39.3 Å². The Balaban J connectivity index is 0.000000182. The third-order valence-corrected chi connectivity index (χ3v) is 20.5. The molecule has 4 atom stereocenters. The molecule has 6 fully saturated rings. The highest BCUT2D eigenvalue weighted by Crippen LogP contribution is 2.33. The first-order valence-electron chi connectivity index (χ1n) is 35.8. The highest BCUT2D eigenvalue weighted by atomic mass is 35.5. The molecule has 4 aromatic rings. The van der Waals surface area contributed by atoms with Crippen LogP contribution in [0.1, 0.15) is 118 Å². The summed E-state index contributed by atoms with van der Waals surface area (Å²) in [5.41, 5.74) is 5.09. The number of carbonyl (C=O) groups is 10. The molecule has 3 N–H and O–H groups in total. The molecule has 0 spiro atoms. The fourth-order valence-corrected chi connectivity index (χ4v) is 14.5. The summed E-state index contributed by atoms with van der Waals surface area (Å²) in [5, 5.41) is 7.62. The number of benzene rings is 4. The van der Waals surface area contributed by atoms with Crippen LogP contribution in [0.25, 0.3) is 0 Å². The van der Waals surface area contributed by atoms with Crippen LogP contribution in [0.3, 0.4) is 0 Å². The molecular formula is C74H99ClN14O12. The molecule has 12 rings (SSSR count). The predicted octanol–water partition coefficient (Wildman–Crippen LogP) is 5.04. The van der Waals surface area contributed by atoms with Gasteiger partial charge in [0.1, 0.15) is 25.3 Å². The lowest BCUT2D eigenvalue weighted by Gasteiger charge is -2.39. The Kier molecular flexibility index (Phi) is 27.2. The van der Waals surface area contributed by atoms with Crippen molar-refractivity contribution in [2.75, 3.05) is 167 Å². The van der Waals surface area contributed by atoms with E-state index in [4.69, 9.17) is 21.1 Å². The van der Waals surface area contributed by atoms with Gasteiger partial charge in [-0.15, -0.1) is 11.6 Å². The number of alkyl halides is 1. The highest BCUT2D eigenvalue weighted by molar-refractivity contribution is 6.25. The summed E-state index contributed by atoms with van der Waals surface area (Å²) in [6.07, 6.45) is 4.35. The van der Waals surface area contributed by atoms with Crippen molar-refractivity contribution >= 4 is 82.4 Å². The van der Waals surface area contributed by atoms with Gasteiger partial charge in [0, 0.05) is 134 Å². The minimum Gasteiger partial charge on any atom is -0.445 e. The van der Waals surface area contributed by atoms with E-state index in [1.165, 1.54) is 0 Å². The van der Waals surface area contributed by atoms with Crippen LogP contribution < -0.4 is 25.8 Å². The van der Waals surface area contributed by atoms with E-state index in [0.29, 0.717) is 66.5 Å². The average Bonchev–Trinajstić information content (AvgIpc) is 1.62. The molecule has 8 heterocycles. The number of rotatable bonds is 23.